The van der Waals surface area contributed by atoms with Crippen LogP contribution in [0.1, 0.15) is 18.4 Å². The summed E-state index contributed by atoms with van der Waals surface area (Å²) in [4.78, 5) is 12.8. The van der Waals surface area contributed by atoms with E-state index in [2.05, 4.69) is 10.2 Å². The number of nitrogens with zero attached hydrogens (tertiary/aromatic N) is 4. The first-order valence-electron chi connectivity index (χ1n) is 6.23. The first-order chi connectivity index (χ1) is 9.58. The second-order valence-electron chi connectivity index (χ2n) is 4.47. The lowest BCUT2D eigenvalue weighted by Gasteiger charge is -2.17. The number of nitrogens with two attached hydrogens (primary N) is 2. The van der Waals surface area contributed by atoms with E-state index in [4.69, 9.17) is 11.5 Å². The molecule has 0 aromatic heterocycles. The highest BCUT2D eigenvalue weighted by molar-refractivity contribution is 5.84. The predicted molar refractivity (Wildman–Crippen MR) is 77.9 cm³/mol. The fraction of sp³-hybridized carbons (Fsp3) is 0.333. The Morgan fingerprint density at radius 3 is 2.65 bits per heavy atom. The minimum atomic E-state index is -0.383. The van der Waals surface area contributed by atoms with Gasteiger partial charge in [0, 0.05) is 24.7 Å². The molecule has 0 atom stereocenters. The molecule has 1 aromatic rings. The zero-order chi connectivity index (χ0) is 14.5. The topological polar surface area (TPSA) is 123 Å². The van der Waals surface area contributed by atoms with Crippen molar-refractivity contribution in [1.82, 2.24) is 0 Å². The van der Waals surface area contributed by atoms with Crippen LogP contribution in [0.15, 0.2) is 28.4 Å². The third-order valence-electron chi connectivity index (χ3n) is 3.02. The van der Waals surface area contributed by atoms with E-state index < -0.39 is 0 Å². The molecule has 1 aliphatic heterocycles. The van der Waals surface area contributed by atoms with E-state index in [0.717, 1.165) is 25.9 Å². The van der Waals surface area contributed by atoms with Crippen LogP contribution in [0.3, 0.4) is 0 Å². The van der Waals surface area contributed by atoms with E-state index in [1.54, 1.807) is 12.1 Å². The third-order valence-corrected chi connectivity index (χ3v) is 3.02. The van der Waals surface area contributed by atoms with Gasteiger partial charge in [0.2, 0.25) is 5.96 Å². The zero-order valence-electron chi connectivity index (χ0n) is 10.9. The van der Waals surface area contributed by atoms with E-state index in [1.165, 1.54) is 12.3 Å². The number of hydrogen-bond donors (Lipinski definition) is 2. The first kappa shape index (κ1) is 13.8. The van der Waals surface area contributed by atoms with Gasteiger partial charge < -0.3 is 16.4 Å². The van der Waals surface area contributed by atoms with Crippen LogP contribution < -0.4 is 16.4 Å². The molecule has 0 bridgehead atoms. The van der Waals surface area contributed by atoms with Gasteiger partial charge in [0.15, 0.2) is 0 Å². The number of anilines is 1. The second kappa shape index (κ2) is 6.00. The molecule has 106 valence electrons. The first-order valence-corrected chi connectivity index (χ1v) is 6.23. The molecular weight excluding hydrogens is 260 g/mol. The quantitative estimate of drug-likeness (QED) is 0.364. The number of guanidine groups is 1. The Hall–Kier alpha value is -2.64. The standard InChI is InChI=1S/C12H16N6O2/c13-12(14)16-15-8-9-3-4-10(11(7-9)18(19)20)17-5-1-2-6-17/h3-4,7-8H,1-2,5-6H2,(H4,13,14,16)/b15-8+. The van der Waals surface area contributed by atoms with Crippen molar-refractivity contribution in [2.45, 2.75) is 12.8 Å². The summed E-state index contributed by atoms with van der Waals surface area (Å²) >= 11 is 0. The van der Waals surface area contributed by atoms with Crippen molar-refractivity contribution in [2.24, 2.45) is 21.7 Å². The van der Waals surface area contributed by atoms with Crippen LogP contribution in [-0.4, -0.2) is 30.2 Å². The number of nitro benzene ring substituents is 1. The number of nitro groups is 1. The summed E-state index contributed by atoms with van der Waals surface area (Å²) in [6.07, 6.45) is 3.50. The van der Waals surface area contributed by atoms with Gasteiger partial charge in [-0.25, -0.2) is 0 Å². The Morgan fingerprint density at radius 1 is 1.35 bits per heavy atom. The van der Waals surface area contributed by atoms with E-state index in [0.29, 0.717) is 11.3 Å². The summed E-state index contributed by atoms with van der Waals surface area (Å²) in [6, 6.07) is 4.96. The molecule has 0 spiro atoms. The predicted octanol–water partition coefficient (Wildman–Crippen LogP) is 0.802. The summed E-state index contributed by atoms with van der Waals surface area (Å²) in [5.74, 6) is -0.163. The normalized spacial score (nSPS) is 14.7. The van der Waals surface area contributed by atoms with Gasteiger partial charge in [-0.3, -0.25) is 10.1 Å². The lowest BCUT2D eigenvalue weighted by Crippen LogP contribution is -2.21. The Kier molecular flexibility index (Phi) is 4.14. The van der Waals surface area contributed by atoms with Crippen LogP contribution in [-0.2, 0) is 0 Å². The summed E-state index contributed by atoms with van der Waals surface area (Å²) < 4.78 is 0. The fourth-order valence-corrected chi connectivity index (χ4v) is 2.15. The van der Waals surface area contributed by atoms with Crippen molar-refractivity contribution in [3.63, 3.8) is 0 Å². The van der Waals surface area contributed by atoms with Crippen molar-refractivity contribution in [1.29, 1.82) is 0 Å². The largest absolute Gasteiger partial charge is 0.369 e. The van der Waals surface area contributed by atoms with Crippen LogP contribution in [0.2, 0.25) is 0 Å². The summed E-state index contributed by atoms with van der Waals surface area (Å²) in [7, 11) is 0. The Bertz CT molecular complexity index is 559. The van der Waals surface area contributed by atoms with Crippen LogP contribution in [0, 0.1) is 10.1 Å². The molecule has 8 heteroatoms. The molecule has 0 saturated carbocycles. The molecule has 1 aromatic carbocycles. The summed E-state index contributed by atoms with van der Waals surface area (Å²) in [6.45, 7) is 1.70. The van der Waals surface area contributed by atoms with Gasteiger partial charge >= 0.3 is 0 Å². The van der Waals surface area contributed by atoms with Crippen molar-refractivity contribution < 1.29 is 4.92 Å². The van der Waals surface area contributed by atoms with E-state index >= 15 is 0 Å². The van der Waals surface area contributed by atoms with Crippen molar-refractivity contribution >= 4 is 23.5 Å². The molecule has 0 amide bonds. The molecule has 1 heterocycles. The maximum Gasteiger partial charge on any atom is 0.293 e. The van der Waals surface area contributed by atoms with E-state index in [1.807, 2.05) is 4.90 Å². The van der Waals surface area contributed by atoms with Crippen LogP contribution >= 0.6 is 0 Å². The van der Waals surface area contributed by atoms with Gasteiger partial charge in [-0.2, -0.15) is 5.10 Å². The van der Waals surface area contributed by atoms with Gasteiger partial charge in [-0.15, -0.1) is 5.10 Å². The average molecular weight is 276 g/mol. The minimum absolute atomic E-state index is 0.0700. The number of rotatable bonds is 4. The van der Waals surface area contributed by atoms with Crippen LogP contribution in [0.4, 0.5) is 11.4 Å². The van der Waals surface area contributed by atoms with Crippen molar-refractivity contribution in [3.8, 4) is 0 Å². The third kappa shape index (κ3) is 3.22. The van der Waals surface area contributed by atoms with E-state index in [-0.39, 0.29) is 16.6 Å². The number of hydrogen-bond acceptors (Lipinski definition) is 5. The molecule has 8 nitrogen and oxygen atoms in total. The Morgan fingerprint density at radius 2 is 2.05 bits per heavy atom. The average Bonchev–Trinajstić information content (AvgIpc) is 2.92. The van der Waals surface area contributed by atoms with Gasteiger partial charge in [0.05, 0.1) is 11.1 Å². The van der Waals surface area contributed by atoms with Crippen LogP contribution in [0.25, 0.3) is 0 Å². The Balaban J connectivity index is 2.30. The molecule has 4 N–H and O–H groups in total. The second-order valence-corrected chi connectivity index (χ2v) is 4.47. The molecular formula is C12H16N6O2. The highest BCUT2D eigenvalue weighted by Crippen LogP contribution is 2.31. The lowest BCUT2D eigenvalue weighted by molar-refractivity contribution is -0.384. The van der Waals surface area contributed by atoms with Gasteiger partial charge in [-0.05, 0) is 18.9 Å². The monoisotopic (exact) mass is 276 g/mol. The van der Waals surface area contributed by atoms with Gasteiger partial charge in [-0.1, -0.05) is 6.07 Å². The van der Waals surface area contributed by atoms with E-state index in [9.17, 15) is 10.1 Å². The minimum Gasteiger partial charge on any atom is -0.369 e. The summed E-state index contributed by atoms with van der Waals surface area (Å²) in [5, 5.41) is 18.3. The molecule has 0 unspecified atom stereocenters. The SMILES string of the molecule is NC(N)=N/N=C/c1ccc(N2CCCC2)c([N+](=O)[O-])c1. The molecule has 1 saturated heterocycles. The maximum absolute atomic E-state index is 11.2. The van der Waals surface area contributed by atoms with Gasteiger partial charge in [0.25, 0.3) is 5.69 Å². The van der Waals surface area contributed by atoms with Gasteiger partial charge in [0.1, 0.15) is 5.69 Å². The number of benzene rings is 1. The zero-order valence-corrected chi connectivity index (χ0v) is 10.9. The van der Waals surface area contributed by atoms with Crippen LogP contribution in [0.5, 0.6) is 0 Å². The highest BCUT2D eigenvalue weighted by Gasteiger charge is 2.22. The van der Waals surface area contributed by atoms with Crippen molar-refractivity contribution in [3.05, 3.63) is 33.9 Å². The van der Waals surface area contributed by atoms with Crippen molar-refractivity contribution in [2.75, 3.05) is 18.0 Å². The smallest absolute Gasteiger partial charge is 0.293 e. The molecule has 0 radical (unpaired) electrons. The maximum atomic E-state index is 11.2. The highest BCUT2D eigenvalue weighted by atomic mass is 16.6. The molecule has 1 aliphatic rings. The summed E-state index contributed by atoms with van der Waals surface area (Å²) in [5.41, 5.74) is 11.6. The fourth-order valence-electron chi connectivity index (χ4n) is 2.15. The lowest BCUT2D eigenvalue weighted by atomic mass is 10.1. The molecule has 0 aliphatic carbocycles. The Labute approximate surface area is 115 Å². The molecule has 20 heavy (non-hydrogen) atoms. The molecule has 2 rings (SSSR count). The molecule has 1 fully saturated rings.